The number of methoxy groups -OCH3 is 1. The molecule has 0 aliphatic heterocycles. The smallest absolute Gasteiger partial charge is 0.144 e. The second-order valence-electron chi connectivity index (χ2n) is 8.75. The van der Waals surface area contributed by atoms with Crippen molar-refractivity contribution in [3.8, 4) is 28.8 Å². The highest BCUT2D eigenvalue weighted by Crippen LogP contribution is 2.39. The Morgan fingerprint density at radius 1 is 1.12 bits per heavy atom. The van der Waals surface area contributed by atoms with Crippen molar-refractivity contribution >= 4 is 0 Å². The molecule has 166 valence electrons. The molecule has 1 aliphatic carbocycles. The summed E-state index contributed by atoms with van der Waals surface area (Å²) in [5, 5.41) is 32.9. The molecule has 1 N–H and O–H groups in total. The summed E-state index contributed by atoms with van der Waals surface area (Å²) in [6, 6.07) is 17.6. The number of para-hydroxylation sites is 2. The second kappa shape index (κ2) is 7.87. The number of fused-ring (bicyclic) bond motifs is 1. The van der Waals surface area contributed by atoms with E-state index in [4.69, 9.17) is 9.84 Å². The zero-order valence-electron chi connectivity index (χ0n) is 18.7. The standard InChI is InChI=1S/C25H24N6O2/c1-25(2,32)23-15-30(29-27-23)18-12-19-20(13-18)28-31(21-6-4-5-7-22(21)33-3)24(19)17-10-8-16(14-26)9-11-17/h4-11,15,18,32H,12-13H2,1-3H3/t18-/m0/s1. The van der Waals surface area contributed by atoms with Gasteiger partial charge in [-0.05, 0) is 44.5 Å². The fraction of sp³-hybridized carbons (Fsp3) is 0.280. The molecule has 2 heterocycles. The molecule has 0 radical (unpaired) electrons. The van der Waals surface area contributed by atoms with Gasteiger partial charge in [0.15, 0.2) is 0 Å². The number of aromatic nitrogens is 5. The average molecular weight is 441 g/mol. The number of hydrogen-bond acceptors (Lipinski definition) is 6. The molecule has 1 atom stereocenters. The van der Waals surface area contributed by atoms with Crippen LogP contribution in [0.4, 0.5) is 0 Å². The molecule has 0 saturated carbocycles. The Morgan fingerprint density at radius 2 is 1.88 bits per heavy atom. The topological polar surface area (TPSA) is 102 Å². The number of hydrogen-bond donors (Lipinski definition) is 1. The normalized spacial score (nSPS) is 15.3. The van der Waals surface area contributed by atoms with E-state index in [1.165, 1.54) is 0 Å². The molecule has 0 bridgehead atoms. The molecule has 5 rings (SSSR count). The first-order valence-electron chi connectivity index (χ1n) is 10.8. The molecule has 8 heteroatoms. The van der Waals surface area contributed by atoms with Crippen LogP contribution in [0.25, 0.3) is 16.9 Å². The Bertz CT molecular complexity index is 1360. The van der Waals surface area contributed by atoms with E-state index >= 15 is 0 Å². The lowest BCUT2D eigenvalue weighted by Gasteiger charge is -2.15. The van der Waals surface area contributed by atoms with Crippen molar-refractivity contribution < 1.29 is 9.84 Å². The summed E-state index contributed by atoms with van der Waals surface area (Å²) < 4.78 is 9.36. The number of benzene rings is 2. The monoisotopic (exact) mass is 440 g/mol. The molecule has 0 unspecified atom stereocenters. The number of ether oxygens (including phenoxy) is 1. The number of rotatable bonds is 5. The molecule has 2 aromatic heterocycles. The van der Waals surface area contributed by atoms with Gasteiger partial charge in [0.05, 0.1) is 42.4 Å². The Kier molecular flexibility index (Phi) is 4.99. The summed E-state index contributed by atoms with van der Waals surface area (Å²) in [6.45, 7) is 3.40. The third kappa shape index (κ3) is 3.66. The molecule has 8 nitrogen and oxygen atoms in total. The van der Waals surface area contributed by atoms with Crippen molar-refractivity contribution in [3.05, 3.63) is 77.2 Å². The summed E-state index contributed by atoms with van der Waals surface area (Å²) >= 11 is 0. The van der Waals surface area contributed by atoms with Gasteiger partial charge in [-0.3, -0.25) is 0 Å². The Balaban J connectivity index is 1.60. The fourth-order valence-corrected chi connectivity index (χ4v) is 4.31. The molecule has 0 saturated heterocycles. The third-order valence-corrected chi connectivity index (χ3v) is 6.05. The van der Waals surface area contributed by atoms with E-state index in [1.54, 1.807) is 21.0 Å². The van der Waals surface area contributed by atoms with Gasteiger partial charge in [-0.1, -0.05) is 29.5 Å². The molecule has 1 aliphatic rings. The van der Waals surface area contributed by atoms with Crippen LogP contribution in [0.3, 0.4) is 0 Å². The molecular weight excluding hydrogens is 416 g/mol. The van der Waals surface area contributed by atoms with Crippen LogP contribution in [0.15, 0.2) is 54.7 Å². The van der Waals surface area contributed by atoms with Gasteiger partial charge in [-0.25, -0.2) is 9.36 Å². The molecule has 33 heavy (non-hydrogen) atoms. The molecule has 4 aromatic rings. The van der Waals surface area contributed by atoms with Crippen molar-refractivity contribution in [1.82, 2.24) is 24.8 Å². The lowest BCUT2D eigenvalue weighted by atomic mass is 10.0. The van der Waals surface area contributed by atoms with E-state index in [1.807, 2.05) is 64.1 Å². The predicted octanol–water partition coefficient (Wildman–Crippen LogP) is 3.58. The molecule has 0 amide bonds. The first-order valence-corrected chi connectivity index (χ1v) is 10.8. The minimum atomic E-state index is -1.04. The van der Waals surface area contributed by atoms with Crippen LogP contribution in [0, 0.1) is 11.3 Å². The number of aliphatic hydroxyl groups is 1. The lowest BCUT2D eigenvalue weighted by molar-refractivity contribution is 0.0737. The van der Waals surface area contributed by atoms with Gasteiger partial charge in [0.2, 0.25) is 0 Å². The van der Waals surface area contributed by atoms with Crippen LogP contribution >= 0.6 is 0 Å². The third-order valence-electron chi connectivity index (χ3n) is 6.05. The molecule has 0 fully saturated rings. The summed E-state index contributed by atoms with van der Waals surface area (Å²) in [7, 11) is 1.65. The van der Waals surface area contributed by atoms with Gasteiger partial charge >= 0.3 is 0 Å². The maximum Gasteiger partial charge on any atom is 0.144 e. The average Bonchev–Trinajstić information content (AvgIpc) is 3.53. The maximum absolute atomic E-state index is 10.3. The Morgan fingerprint density at radius 3 is 2.55 bits per heavy atom. The molecular formula is C25H24N6O2. The summed E-state index contributed by atoms with van der Waals surface area (Å²) in [5.74, 6) is 0.733. The lowest BCUT2D eigenvalue weighted by Crippen LogP contribution is -2.16. The zero-order valence-corrected chi connectivity index (χ0v) is 18.7. The highest BCUT2D eigenvalue weighted by Gasteiger charge is 2.33. The van der Waals surface area contributed by atoms with E-state index in [2.05, 4.69) is 16.4 Å². The predicted molar refractivity (Wildman–Crippen MR) is 122 cm³/mol. The van der Waals surface area contributed by atoms with E-state index in [0.29, 0.717) is 17.7 Å². The van der Waals surface area contributed by atoms with Gasteiger partial charge in [-0.2, -0.15) is 10.4 Å². The zero-order chi connectivity index (χ0) is 23.2. The quantitative estimate of drug-likeness (QED) is 0.509. The van der Waals surface area contributed by atoms with Gasteiger partial charge in [0.1, 0.15) is 22.7 Å². The summed E-state index contributed by atoms with van der Waals surface area (Å²) in [4.78, 5) is 0. The van der Waals surface area contributed by atoms with Crippen LogP contribution in [0.2, 0.25) is 0 Å². The van der Waals surface area contributed by atoms with E-state index < -0.39 is 5.60 Å². The fourth-order valence-electron chi connectivity index (χ4n) is 4.31. The van der Waals surface area contributed by atoms with Crippen LogP contribution in [0.5, 0.6) is 5.75 Å². The van der Waals surface area contributed by atoms with Gasteiger partial charge in [-0.15, -0.1) is 5.10 Å². The van der Waals surface area contributed by atoms with Crippen LogP contribution in [-0.2, 0) is 18.4 Å². The van der Waals surface area contributed by atoms with Crippen LogP contribution < -0.4 is 4.74 Å². The van der Waals surface area contributed by atoms with E-state index in [0.717, 1.165) is 40.4 Å². The van der Waals surface area contributed by atoms with Crippen molar-refractivity contribution in [3.63, 3.8) is 0 Å². The molecule has 0 spiro atoms. The van der Waals surface area contributed by atoms with E-state index in [-0.39, 0.29) is 6.04 Å². The van der Waals surface area contributed by atoms with Crippen molar-refractivity contribution in [2.24, 2.45) is 0 Å². The van der Waals surface area contributed by atoms with Crippen molar-refractivity contribution in [2.45, 2.75) is 38.3 Å². The number of nitrogens with zero attached hydrogens (tertiary/aromatic N) is 6. The van der Waals surface area contributed by atoms with Crippen LogP contribution in [-0.4, -0.2) is 37.0 Å². The first kappa shape index (κ1) is 20.9. The Labute approximate surface area is 191 Å². The summed E-state index contributed by atoms with van der Waals surface area (Å²) in [5.41, 5.74) is 5.04. The maximum atomic E-state index is 10.3. The highest BCUT2D eigenvalue weighted by molar-refractivity contribution is 5.70. The van der Waals surface area contributed by atoms with Crippen molar-refractivity contribution in [2.75, 3.05) is 7.11 Å². The first-order chi connectivity index (χ1) is 15.9. The van der Waals surface area contributed by atoms with E-state index in [9.17, 15) is 10.4 Å². The van der Waals surface area contributed by atoms with Gasteiger partial charge < -0.3 is 9.84 Å². The largest absolute Gasteiger partial charge is 0.494 e. The molecule has 2 aromatic carbocycles. The number of nitriles is 1. The highest BCUT2D eigenvalue weighted by atomic mass is 16.5. The van der Waals surface area contributed by atoms with Gasteiger partial charge in [0.25, 0.3) is 0 Å². The Hall–Kier alpha value is -3.96. The second-order valence-corrected chi connectivity index (χ2v) is 8.75. The van der Waals surface area contributed by atoms with Crippen molar-refractivity contribution in [1.29, 1.82) is 5.26 Å². The van der Waals surface area contributed by atoms with Crippen LogP contribution in [0.1, 0.15) is 42.4 Å². The summed E-state index contributed by atoms with van der Waals surface area (Å²) in [6.07, 6.45) is 3.25. The van der Waals surface area contributed by atoms with Gasteiger partial charge in [0, 0.05) is 17.5 Å². The minimum Gasteiger partial charge on any atom is -0.494 e. The SMILES string of the molecule is COc1ccccc1-n1nc2c(c1-c1ccc(C#N)cc1)C[C@H](n1cc(C(C)(C)O)nn1)C2. The minimum absolute atomic E-state index is 0.0653.